The van der Waals surface area contributed by atoms with Gasteiger partial charge in [0.2, 0.25) is 0 Å². The summed E-state index contributed by atoms with van der Waals surface area (Å²) in [6.45, 7) is 5.97. The highest BCUT2D eigenvalue weighted by Gasteiger charge is 2.27. The van der Waals surface area contributed by atoms with Gasteiger partial charge in [0.05, 0.1) is 12.2 Å². The minimum absolute atomic E-state index is 0.0576. The summed E-state index contributed by atoms with van der Waals surface area (Å²) in [6.07, 6.45) is 6.39. The number of likely N-dealkylation sites (N-methyl/N-ethyl adjacent to an activating group) is 1. The lowest BCUT2D eigenvalue weighted by atomic mass is 9.84. The molecule has 1 aromatic carbocycles. The molecule has 0 saturated heterocycles. The third kappa shape index (κ3) is 4.79. The number of benzene rings is 1. The molecule has 0 spiro atoms. The van der Waals surface area contributed by atoms with Crippen LogP contribution in [0.5, 0.6) is 0 Å². The molecule has 3 heteroatoms. The van der Waals surface area contributed by atoms with Crippen LogP contribution in [0.25, 0.3) is 0 Å². The average molecular weight is 293 g/mol. The first-order valence-corrected chi connectivity index (χ1v) is 8.36. The molecule has 2 nitrogen and oxygen atoms in total. The highest BCUT2D eigenvalue weighted by atomic mass is 19.1. The summed E-state index contributed by atoms with van der Waals surface area (Å²) in [7, 11) is 0. The number of halogens is 1. The van der Waals surface area contributed by atoms with Gasteiger partial charge in [0.1, 0.15) is 5.82 Å². The fourth-order valence-electron chi connectivity index (χ4n) is 3.26. The quantitative estimate of drug-likeness (QED) is 0.801. The zero-order valence-corrected chi connectivity index (χ0v) is 13.3. The molecular weight excluding hydrogens is 265 g/mol. The summed E-state index contributed by atoms with van der Waals surface area (Å²) >= 11 is 0. The van der Waals surface area contributed by atoms with Crippen LogP contribution in [0.15, 0.2) is 24.3 Å². The molecular formula is C18H28FNO. The maximum absolute atomic E-state index is 13.5. The van der Waals surface area contributed by atoms with E-state index in [0.29, 0.717) is 12.0 Å². The Bertz CT molecular complexity index is 423. The van der Waals surface area contributed by atoms with E-state index < -0.39 is 0 Å². The topological polar surface area (TPSA) is 21.3 Å². The first kappa shape index (κ1) is 16.4. The second-order valence-electron chi connectivity index (χ2n) is 5.98. The van der Waals surface area contributed by atoms with Gasteiger partial charge in [0, 0.05) is 6.54 Å². The van der Waals surface area contributed by atoms with Crippen molar-refractivity contribution < 1.29 is 9.13 Å². The average Bonchev–Trinajstić information content (AvgIpc) is 2.51. The minimum atomic E-state index is -0.187. The van der Waals surface area contributed by atoms with Crippen molar-refractivity contribution >= 4 is 0 Å². The van der Waals surface area contributed by atoms with Crippen LogP contribution in [0.4, 0.5) is 4.39 Å². The summed E-state index contributed by atoms with van der Waals surface area (Å²) < 4.78 is 19.9. The predicted molar refractivity (Wildman–Crippen MR) is 84.8 cm³/mol. The third-order valence-electron chi connectivity index (χ3n) is 4.50. The van der Waals surface area contributed by atoms with Gasteiger partial charge in [-0.2, -0.15) is 0 Å². The Hall–Kier alpha value is -0.930. The highest BCUT2D eigenvalue weighted by Crippen LogP contribution is 2.32. The van der Waals surface area contributed by atoms with Crippen LogP contribution < -0.4 is 5.32 Å². The van der Waals surface area contributed by atoms with Gasteiger partial charge in [0.15, 0.2) is 0 Å². The van der Waals surface area contributed by atoms with E-state index in [9.17, 15) is 4.39 Å². The molecule has 21 heavy (non-hydrogen) atoms. The first-order chi connectivity index (χ1) is 10.2. The fraction of sp³-hybridized carbons (Fsp3) is 0.667. The molecule has 1 saturated carbocycles. The second-order valence-corrected chi connectivity index (χ2v) is 5.98. The molecule has 1 aromatic rings. The molecule has 1 fully saturated rings. The molecule has 1 N–H and O–H groups in total. The van der Waals surface area contributed by atoms with Crippen LogP contribution in [0.3, 0.4) is 0 Å². The molecule has 0 bridgehead atoms. The maximum Gasteiger partial charge on any atom is 0.123 e. The van der Waals surface area contributed by atoms with E-state index in [-0.39, 0.29) is 11.9 Å². The number of hydrogen-bond acceptors (Lipinski definition) is 2. The summed E-state index contributed by atoms with van der Waals surface area (Å²) in [5.74, 6) is 0.463. The van der Waals surface area contributed by atoms with E-state index in [0.717, 1.165) is 25.1 Å². The van der Waals surface area contributed by atoms with Crippen molar-refractivity contribution in [1.29, 1.82) is 0 Å². The molecule has 0 amide bonds. The van der Waals surface area contributed by atoms with Crippen LogP contribution in [-0.4, -0.2) is 19.2 Å². The van der Waals surface area contributed by atoms with Crippen LogP contribution >= 0.6 is 0 Å². The Morgan fingerprint density at radius 1 is 1.29 bits per heavy atom. The van der Waals surface area contributed by atoms with Gasteiger partial charge in [-0.15, -0.1) is 0 Å². The Balaban J connectivity index is 2.08. The second kappa shape index (κ2) is 8.50. The molecule has 0 heterocycles. The fourth-order valence-corrected chi connectivity index (χ4v) is 3.26. The zero-order valence-electron chi connectivity index (χ0n) is 13.3. The van der Waals surface area contributed by atoms with Gasteiger partial charge in [0.25, 0.3) is 0 Å². The Kier molecular flexibility index (Phi) is 6.65. The summed E-state index contributed by atoms with van der Waals surface area (Å²) in [6, 6.07) is 6.83. The smallest absolute Gasteiger partial charge is 0.123 e. The summed E-state index contributed by atoms with van der Waals surface area (Å²) in [5, 5.41) is 3.34. The van der Waals surface area contributed by atoms with Crippen LogP contribution in [0.2, 0.25) is 0 Å². The third-order valence-corrected chi connectivity index (χ3v) is 4.50. The maximum atomic E-state index is 13.5. The molecule has 1 aliphatic carbocycles. The van der Waals surface area contributed by atoms with Gasteiger partial charge >= 0.3 is 0 Å². The van der Waals surface area contributed by atoms with Crippen molar-refractivity contribution in [3.63, 3.8) is 0 Å². The van der Waals surface area contributed by atoms with Gasteiger partial charge in [-0.05, 0) is 43.0 Å². The molecule has 3 unspecified atom stereocenters. The van der Waals surface area contributed by atoms with E-state index in [1.54, 1.807) is 12.1 Å². The Morgan fingerprint density at radius 3 is 2.81 bits per heavy atom. The van der Waals surface area contributed by atoms with Crippen molar-refractivity contribution in [2.24, 2.45) is 5.92 Å². The number of ether oxygens (including phenoxy) is 1. The lowest BCUT2D eigenvalue weighted by Crippen LogP contribution is -2.32. The van der Waals surface area contributed by atoms with E-state index >= 15 is 0 Å². The predicted octanol–water partition coefficient (Wildman–Crippen LogP) is 4.46. The van der Waals surface area contributed by atoms with Crippen LogP contribution in [0, 0.1) is 11.7 Å². The monoisotopic (exact) mass is 293 g/mol. The van der Waals surface area contributed by atoms with Crippen molar-refractivity contribution in [2.45, 2.75) is 58.2 Å². The van der Waals surface area contributed by atoms with Crippen LogP contribution in [0.1, 0.15) is 57.6 Å². The highest BCUT2D eigenvalue weighted by molar-refractivity contribution is 5.19. The van der Waals surface area contributed by atoms with E-state index in [4.69, 9.17) is 4.74 Å². The molecule has 3 atom stereocenters. The molecule has 0 radical (unpaired) electrons. The Labute approximate surface area is 128 Å². The van der Waals surface area contributed by atoms with Gasteiger partial charge in [-0.1, -0.05) is 45.2 Å². The number of hydrogen-bond donors (Lipinski definition) is 1. The van der Waals surface area contributed by atoms with Gasteiger partial charge in [-0.25, -0.2) is 4.39 Å². The van der Waals surface area contributed by atoms with Crippen molar-refractivity contribution in [1.82, 2.24) is 5.32 Å². The minimum Gasteiger partial charge on any atom is -0.369 e. The lowest BCUT2D eigenvalue weighted by molar-refractivity contribution is -0.0615. The van der Waals surface area contributed by atoms with Crippen molar-refractivity contribution in [3.05, 3.63) is 35.6 Å². The van der Waals surface area contributed by atoms with Crippen molar-refractivity contribution in [2.75, 3.05) is 13.1 Å². The molecule has 2 rings (SSSR count). The van der Waals surface area contributed by atoms with Gasteiger partial charge in [-0.3, -0.25) is 0 Å². The SMILES string of the molecule is CCNCC(OC1CCCCC1CC)c1cccc(F)c1. The van der Waals surface area contributed by atoms with E-state index in [2.05, 4.69) is 19.2 Å². The summed E-state index contributed by atoms with van der Waals surface area (Å²) in [4.78, 5) is 0. The van der Waals surface area contributed by atoms with E-state index in [1.165, 1.54) is 31.7 Å². The zero-order chi connectivity index (χ0) is 15.1. The first-order valence-electron chi connectivity index (χ1n) is 8.36. The Morgan fingerprint density at radius 2 is 2.10 bits per heavy atom. The lowest BCUT2D eigenvalue weighted by Gasteiger charge is -2.34. The molecule has 118 valence electrons. The van der Waals surface area contributed by atoms with Gasteiger partial charge < -0.3 is 10.1 Å². The summed E-state index contributed by atoms with van der Waals surface area (Å²) in [5.41, 5.74) is 0.941. The molecule has 1 aliphatic rings. The molecule has 0 aliphatic heterocycles. The number of nitrogens with one attached hydrogen (secondary N) is 1. The van der Waals surface area contributed by atoms with Crippen LogP contribution in [-0.2, 0) is 4.74 Å². The molecule has 0 aromatic heterocycles. The van der Waals surface area contributed by atoms with Crippen molar-refractivity contribution in [3.8, 4) is 0 Å². The normalized spacial score (nSPS) is 24.0. The van der Waals surface area contributed by atoms with E-state index in [1.807, 2.05) is 6.07 Å². The standard InChI is InChI=1S/C18H28FNO/c1-3-14-8-5-6-11-17(14)21-18(13-20-4-2)15-9-7-10-16(19)12-15/h7,9-10,12,14,17-18,20H,3-6,8,11,13H2,1-2H3. The largest absolute Gasteiger partial charge is 0.369 e. The number of rotatable bonds is 7.